The van der Waals surface area contributed by atoms with Crippen molar-refractivity contribution in [3.05, 3.63) is 130 Å². The average molecular weight is 1110 g/mol. The molecule has 380 valence electrons. The van der Waals surface area contributed by atoms with E-state index in [-0.39, 0.29) is 103 Å². The zero-order chi connectivity index (χ0) is 52.7. The molecule has 2 atom stereocenters. The van der Waals surface area contributed by atoms with Gasteiger partial charge < -0.3 is 19.5 Å². The Labute approximate surface area is 417 Å². The fourth-order valence-electron chi connectivity index (χ4n) is 6.99. The zero-order valence-electron chi connectivity index (χ0n) is 35.9. The molecule has 0 bridgehead atoms. The highest BCUT2D eigenvalue weighted by molar-refractivity contribution is 6.48. The molecule has 24 heteroatoms. The molecule has 1 N–H and O–H groups in total. The van der Waals surface area contributed by atoms with E-state index in [0.29, 0.717) is 0 Å². The van der Waals surface area contributed by atoms with Crippen LogP contribution in [0.25, 0.3) is 0 Å². The molecule has 1 aliphatic heterocycles. The van der Waals surface area contributed by atoms with E-state index in [1.54, 1.807) is 13.8 Å². The molecule has 0 spiro atoms. The third kappa shape index (κ3) is 14.6. The maximum atomic E-state index is 14.2. The average Bonchev–Trinajstić information content (AvgIpc) is 3.75. The summed E-state index contributed by atoms with van der Waals surface area (Å²) in [5.74, 6) is -0.400. The van der Waals surface area contributed by atoms with E-state index in [1.165, 1.54) is 18.2 Å². The number of aliphatic hydroxyl groups is 1. The Morgan fingerprint density at radius 3 is 1.51 bits per heavy atom. The summed E-state index contributed by atoms with van der Waals surface area (Å²) in [5.41, 5.74) is -9.91. The number of carbonyl (C=O) groups is 3. The second-order valence-electron chi connectivity index (χ2n) is 15.3. The molecule has 69 heavy (non-hydrogen) atoms. The van der Waals surface area contributed by atoms with Gasteiger partial charge in [0.1, 0.15) is 25.1 Å². The lowest BCUT2D eigenvalue weighted by atomic mass is 9.86. The molecule has 1 fully saturated rings. The number of alkyl halides is 12. The molecule has 0 amide bonds. The van der Waals surface area contributed by atoms with Crippen LogP contribution in [-0.2, 0) is 61.9 Å². The van der Waals surface area contributed by atoms with E-state index in [4.69, 9.17) is 79.1 Å². The number of halogens is 18. The van der Waals surface area contributed by atoms with Crippen molar-refractivity contribution < 1.29 is 76.9 Å². The predicted octanol–water partition coefficient (Wildman–Crippen LogP) is 15.6. The van der Waals surface area contributed by atoms with E-state index in [9.17, 15) is 67.4 Å². The number of carbonyl (C=O) groups excluding carboxylic acids is 3. The van der Waals surface area contributed by atoms with Crippen LogP contribution < -0.4 is 4.90 Å². The highest BCUT2D eigenvalue weighted by atomic mass is 35.5. The molecule has 1 aliphatic rings. The topological polar surface area (TPSA) is 83.9 Å². The molecule has 0 aromatic heterocycles. The fraction of sp³-hybridized carbons (Fsp3) is 0.400. The van der Waals surface area contributed by atoms with Gasteiger partial charge in [-0.2, -0.15) is 52.7 Å². The summed E-state index contributed by atoms with van der Waals surface area (Å²) >= 11 is 35.0. The summed E-state index contributed by atoms with van der Waals surface area (Å²) in [6.07, 6.45) is -21.2. The number of hydrogen-bond donors (Lipinski definition) is 1. The molecule has 0 aliphatic carbocycles. The van der Waals surface area contributed by atoms with Crippen molar-refractivity contribution in [2.45, 2.75) is 101 Å². The largest absolute Gasteiger partial charge is 0.423 e. The monoisotopic (exact) mass is 1110 g/mol. The van der Waals surface area contributed by atoms with Gasteiger partial charge in [-0.15, -0.1) is 0 Å². The smallest absolute Gasteiger partial charge is 0.376 e. The van der Waals surface area contributed by atoms with E-state index >= 15 is 0 Å². The van der Waals surface area contributed by atoms with Crippen molar-refractivity contribution in [1.82, 2.24) is 0 Å². The minimum atomic E-state index is -5.18. The van der Waals surface area contributed by atoms with Crippen LogP contribution in [0.1, 0.15) is 84.9 Å². The van der Waals surface area contributed by atoms with Gasteiger partial charge in [-0.05, 0) is 96.0 Å². The molecule has 4 aromatic carbocycles. The van der Waals surface area contributed by atoms with Gasteiger partial charge in [-0.25, -0.2) is 0 Å². The molecule has 4 aromatic rings. The number of ketones is 2. The number of rotatable bonds is 14. The van der Waals surface area contributed by atoms with Crippen LogP contribution in [0.4, 0.5) is 58.4 Å². The van der Waals surface area contributed by atoms with Gasteiger partial charge in [0.15, 0.2) is 5.60 Å². The van der Waals surface area contributed by atoms with Gasteiger partial charge >= 0.3 is 24.7 Å². The maximum Gasteiger partial charge on any atom is 0.423 e. The van der Waals surface area contributed by atoms with Crippen LogP contribution in [0, 0.1) is 0 Å². The Balaban J connectivity index is 0.000000353. The summed E-state index contributed by atoms with van der Waals surface area (Å²) in [5, 5.41) is 9.13. The number of Topliss-reactive ketones (excluding diaryl/α,β-unsaturated/α-hetero) is 2. The Morgan fingerprint density at radius 1 is 0.652 bits per heavy atom. The lowest BCUT2D eigenvalue weighted by Gasteiger charge is -2.31. The predicted molar refractivity (Wildman–Crippen MR) is 239 cm³/mol. The third-order valence-corrected chi connectivity index (χ3v) is 13.3. The first-order valence-electron chi connectivity index (χ1n) is 20.1. The van der Waals surface area contributed by atoms with Crippen LogP contribution >= 0.6 is 69.6 Å². The summed E-state index contributed by atoms with van der Waals surface area (Å²) in [6.45, 7) is 3.73. The van der Waals surface area contributed by atoms with Crippen LogP contribution in [0.2, 0.25) is 30.1 Å². The minimum absolute atomic E-state index is 0.0678. The fourth-order valence-corrected chi connectivity index (χ4v) is 8.18. The normalized spacial score (nSPS) is 16.3. The lowest BCUT2D eigenvalue weighted by Crippen LogP contribution is -2.46. The maximum absolute atomic E-state index is 14.2. The molecule has 1 heterocycles. The number of benzene rings is 4. The van der Waals surface area contributed by atoms with Crippen molar-refractivity contribution in [3.63, 3.8) is 0 Å². The lowest BCUT2D eigenvalue weighted by molar-refractivity contribution is -0.269. The second-order valence-corrected chi connectivity index (χ2v) is 17.7. The Kier molecular flexibility index (Phi) is 20.7. The molecular weight excluding hydrogens is 1080 g/mol. The van der Waals surface area contributed by atoms with Crippen LogP contribution in [0.5, 0.6) is 0 Å². The standard InChI is InChI=1S/C22H18Cl3F6NO2.C22H19Cl3F6O2.CH2O/c1-2-15(33)6-4-12-3-5-14(9-16(12)21(26,27)28)32-10-20(34-11-32,22(29,30)31)13-7-17(23)19(25)18(24)8-13;1-2-15(32)6-5-13-4-3-12(9-16(13)21(26,27)28)7-8-20(33,22(29,30)31)14-10-17(23)19(25)18(24)11-14;1-2/h3,5,7-9H,2,4,6,10-11H2,1H3;3-4,9-11,33H,2,5-8H2,1H3;1H2. The number of hydrogen-bond acceptors (Lipinski definition) is 6. The molecule has 0 saturated carbocycles. The Hall–Kier alpha value is -3.49. The van der Waals surface area contributed by atoms with Crippen LogP contribution in [-0.4, -0.2) is 49.1 Å². The third-order valence-electron chi connectivity index (χ3n) is 10.9. The van der Waals surface area contributed by atoms with Crippen molar-refractivity contribution in [3.8, 4) is 0 Å². The van der Waals surface area contributed by atoms with Crippen LogP contribution in [0.15, 0.2) is 60.7 Å². The molecule has 6 nitrogen and oxygen atoms in total. The van der Waals surface area contributed by atoms with Crippen molar-refractivity contribution in [1.29, 1.82) is 0 Å². The minimum Gasteiger partial charge on any atom is -0.376 e. The van der Waals surface area contributed by atoms with Gasteiger partial charge in [0.25, 0.3) is 0 Å². The summed E-state index contributed by atoms with van der Waals surface area (Å²) < 4.78 is 171. The van der Waals surface area contributed by atoms with Crippen LogP contribution in [0.3, 0.4) is 0 Å². The summed E-state index contributed by atoms with van der Waals surface area (Å²) in [6, 6.07) is 9.93. The van der Waals surface area contributed by atoms with Crippen molar-refractivity contribution in [2.24, 2.45) is 0 Å². The first kappa shape index (κ1) is 59.8. The van der Waals surface area contributed by atoms with Crippen molar-refractivity contribution >= 4 is 93.6 Å². The Bertz CT molecular complexity index is 2420. The van der Waals surface area contributed by atoms with E-state index < -0.39 is 84.3 Å². The number of aryl methyl sites for hydroxylation is 3. The molecule has 2 unspecified atom stereocenters. The molecule has 5 rings (SSSR count). The van der Waals surface area contributed by atoms with Gasteiger partial charge in [-0.1, -0.05) is 102 Å². The first-order valence-corrected chi connectivity index (χ1v) is 22.3. The van der Waals surface area contributed by atoms with E-state index in [0.717, 1.165) is 47.4 Å². The number of ether oxygens (including phenoxy) is 1. The van der Waals surface area contributed by atoms with E-state index in [2.05, 4.69) is 0 Å². The molecule has 0 radical (unpaired) electrons. The van der Waals surface area contributed by atoms with Crippen molar-refractivity contribution in [2.75, 3.05) is 18.2 Å². The quantitative estimate of drug-likeness (QED) is 0.100. The number of nitrogens with zero attached hydrogens (tertiary/aromatic N) is 1. The highest BCUT2D eigenvalue weighted by Gasteiger charge is 2.61. The summed E-state index contributed by atoms with van der Waals surface area (Å²) in [4.78, 5) is 32.1. The summed E-state index contributed by atoms with van der Waals surface area (Å²) in [7, 11) is 0. The molecule has 1 saturated heterocycles. The highest BCUT2D eigenvalue weighted by Crippen LogP contribution is 2.50. The zero-order valence-corrected chi connectivity index (χ0v) is 40.4. The van der Waals surface area contributed by atoms with Gasteiger partial charge in [0.05, 0.1) is 47.8 Å². The van der Waals surface area contributed by atoms with Gasteiger partial charge in [-0.3, -0.25) is 9.59 Å². The first-order chi connectivity index (χ1) is 31.8. The van der Waals surface area contributed by atoms with E-state index in [1.807, 2.05) is 6.79 Å². The molecular formula is C45H39Cl6F12NO5. The second kappa shape index (κ2) is 23.8. The Morgan fingerprint density at radius 2 is 1.09 bits per heavy atom. The SMILES string of the molecule is C=O.CCC(=O)CCc1ccc(CCC(O)(c2cc(Cl)c(Cl)c(Cl)c2)C(F)(F)F)cc1C(F)(F)F.CCC(=O)CCc1ccc(N2COC(c3cc(Cl)c(Cl)c(Cl)c3)(C(F)(F)F)C2)cc1C(F)(F)F. The van der Waals surface area contributed by atoms with Gasteiger partial charge in [0.2, 0.25) is 5.60 Å². The van der Waals surface area contributed by atoms with Gasteiger partial charge in [0, 0.05) is 31.4 Å². The number of anilines is 1.